The summed E-state index contributed by atoms with van der Waals surface area (Å²) in [6, 6.07) is 45.6. The number of aryl methyl sites for hydroxylation is 2. The normalized spacial score (nSPS) is 18.7. The lowest BCUT2D eigenvalue weighted by molar-refractivity contribution is 0.404. The minimum Gasteiger partial charge on any atom is -0.310 e. The molecule has 2 heteroatoms. The summed E-state index contributed by atoms with van der Waals surface area (Å²) in [6.45, 7) is 11.3. The van der Waals surface area contributed by atoms with E-state index in [2.05, 4.69) is 172 Å². The van der Waals surface area contributed by atoms with Crippen LogP contribution >= 0.6 is 0 Å². The highest BCUT2D eigenvalue weighted by Crippen LogP contribution is 2.46. The van der Waals surface area contributed by atoms with Crippen LogP contribution in [0.15, 0.2) is 163 Å². The maximum absolute atomic E-state index is 5.33. The van der Waals surface area contributed by atoms with Crippen LogP contribution in [0.1, 0.15) is 47.1 Å². The average molecular weight is 597 g/mol. The Morgan fingerprint density at radius 3 is 2.17 bits per heavy atom. The number of aliphatic imine (C=N–C) groups is 1. The van der Waals surface area contributed by atoms with E-state index in [0.717, 1.165) is 29.1 Å². The first-order valence-corrected chi connectivity index (χ1v) is 16.3. The van der Waals surface area contributed by atoms with Crippen molar-refractivity contribution in [1.82, 2.24) is 0 Å². The quantitative estimate of drug-likeness (QED) is 0.182. The number of hydrogen-bond acceptors (Lipinski definition) is 2. The molecule has 0 fully saturated rings. The predicted molar refractivity (Wildman–Crippen MR) is 196 cm³/mol. The van der Waals surface area contributed by atoms with Crippen molar-refractivity contribution in [1.29, 1.82) is 0 Å². The fraction of sp³-hybridized carbons (Fsp3) is 0.159. The molecule has 5 aromatic carbocycles. The first-order valence-electron chi connectivity index (χ1n) is 16.3. The van der Waals surface area contributed by atoms with Crippen LogP contribution in [-0.4, -0.2) is 5.71 Å². The third-order valence-electron chi connectivity index (χ3n) is 9.72. The van der Waals surface area contributed by atoms with Gasteiger partial charge in [0.05, 0.1) is 5.71 Å². The summed E-state index contributed by atoms with van der Waals surface area (Å²) in [5, 5.41) is 0. The van der Waals surface area contributed by atoms with Crippen molar-refractivity contribution in [2.75, 3.05) is 4.90 Å². The van der Waals surface area contributed by atoms with Gasteiger partial charge in [-0.25, -0.2) is 0 Å². The first-order chi connectivity index (χ1) is 22.5. The Morgan fingerprint density at radius 2 is 1.41 bits per heavy atom. The molecule has 0 saturated heterocycles. The van der Waals surface area contributed by atoms with Crippen LogP contribution in [0.2, 0.25) is 0 Å². The van der Waals surface area contributed by atoms with Gasteiger partial charge >= 0.3 is 0 Å². The van der Waals surface area contributed by atoms with E-state index in [-0.39, 0.29) is 0 Å². The Balaban J connectivity index is 1.24. The number of fused-ring (bicyclic) bond motifs is 1. The molecule has 0 bridgehead atoms. The highest BCUT2D eigenvalue weighted by atomic mass is 15.1. The smallest absolute Gasteiger partial charge is 0.0513 e. The predicted octanol–water partition coefficient (Wildman–Crippen LogP) is 11.5. The minimum atomic E-state index is 0.291. The number of rotatable bonds is 7. The van der Waals surface area contributed by atoms with Crippen molar-refractivity contribution < 1.29 is 0 Å². The third-order valence-corrected chi connectivity index (χ3v) is 9.72. The summed E-state index contributed by atoms with van der Waals surface area (Å²) in [5.74, 6) is 1.08. The Bertz CT molecular complexity index is 1980. The molecule has 1 heterocycles. The Hall–Kier alpha value is -5.21. The SMILES string of the molecule is C=C(c1ccccc1)N(c1ccc(-c2cccc(C3=NC4=CC=CCC4C(c4ccccc4C)C3C)c2)cc1)c1ccccc1C. The molecule has 1 aliphatic carbocycles. The summed E-state index contributed by atoms with van der Waals surface area (Å²) >= 11 is 0. The highest BCUT2D eigenvalue weighted by molar-refractivity contribution is 6.05. The zero-order valence-corrected chi connectivity index (χ0v) is 26.9. The van der Waals surface area contributed by atoms with Crippen LogP contribution < -0.4 is 4.90 Å². The minimum absolute atomic E-state index is 0.291. The summed E-state index contributed by atoms with van der Waals surface area (Å²) in [7, 11) is 0. The second-order valence-corrected chi connectivity index (χ2v) is 12.6. The van der Waals surface area contributed by atoms with Crippen LogP contribution in [0.3, 0.4) is 0 Å². The Morgan fingerprint density at radius 1 is 0.717 bits per heavy atom. The van der Waals surface area contributed by atoms with E-state index in [1.165, 1.54) is 44.8 Å². The molecule has 226 valence electrons. The van der Waals surface area contributed by atoms with Gasteiger partial charge < -0.3 is 4.90 Å². The standard InChI is InChI=1S/C44H40N2/c1-30-15-8-10-21-39(30)43-32(3)44(45-41-23-12-11-22-40(41)43)37-20-14-19-36(29-37)35-25-27-38(28-26-35)46(42-24-13-9-16-31(42)2)33(4)34-17-6-5-7-18-34/h5-21,23-29,32,40,43H,4,22H2,1-3H3. The second kappa shape index (κ2) is 12.7. The van der Waals surface area contributed by atoms with Gasteiger partial charge in [-0.1, -0.05) is 129 Å². The van der Waals surface area contributed by atoms with Gasteiger partial charge in [0.15, 0.2) is 0 Å². The molecule has 0 N–H and O–H groups in total. The summed E-state index contributed by atoms with van der Waals surface area (Å²) in [4.78, 5) is 7.59. The largest absolute Gasteiger partial charge is 0.310 e. The molecule has 0 amide bonds. The van der Waals surface area contributed by atoms with E-state index in [0.29, 0.717) is 17.8 Å². The maximum Gasteiger partial charge on any atom is 0.0513 e. The van der Waals surface area contributed by atoms with Crippen LogP contribution in [0.5, 0.6) is 0 Å². The molecule has 2 nitrogen and oxygen atoms in total. The number of anilines is 2. The van der Waals surface area contributed by atoms with E-state index < -0.39 is 0 Å². The second-order valence-electron chi connectivity index (χ2n) is 12.6. The van der Waals surface area contributed by atoms with Crippen molar-refractivity contribution >= 4 is 22.8 Å². The van der Waals surface area contributed by atoms with E-state index >= 15 is 0 Å². The molecule has 7 rings (SSSR count). The van der Waals surface area contributed by atoms with Crippen molar-refractivity contribution in [2.24, 2.45) is 16.8 Å². The molecule has 0 radical (unpaired) electrons. The van der Waals surface area contributed by atoms with Crippen LogP contribution in [0, 0.1) is 25.7 Å². The van der Waals surface area contributed by atoms with Crippen LogP contribution in [0.25, 0.3) is 16.8 Å². The van der Waals surface area contributed by atoms with Crippen molar-refractivity contribution in [2.45, 2.75) is 33.1 Å². The van der Waals surface area contributed by atoms with Gasteiger partial charge in [0.25, 0.3) is 0 Å². The van der Waals surface area contributed by atoms with Crippen molar-refractivity contribution in [3.8, 4) is 11.1 Å². The lowest BCUT2D eigenvalue weighted by Crippen LogP contribution is -2.33. The van der Waals surface area contributed by atoms with Crippen molar-refractivity contribution in [3.63, 3.8) is 0 Å². The molecule has 1 aliphatic heterocycles. The van der Waals surface area contributed by atoms with Gasteiger partial charge in [0.1, 0.15) is 0 Å². The third kappa shape index (κ3) is 5.56. The van der Waals surface area contributed by atoms with Gasteiger partial charge in [-0.3, -0.25) is 4.99 Å². The average Bonchev–Trinajstić information content (AvgIpc) is 3.10. The number of hydrogen-bond donors (Lipinski definition) is 0. The lowest BCUT2D eigenvalue weighted by Gasteiger charge is -2.39. The fourth-order valence-corrected chi connectivity index (χ4v) is 7.30. The van der Waals surface area contributed by atoms with Gasteiger partial charge in [0.2, 0.25) is 0 Å². The van der Waals surface area contributed by atoms with Crippen molar-refractivity contribution in [3.05, 3.63) is 186 Å². The maximum atomic E-state index is 5.33. The lowest BCUT2D eigenvalue weighted by atomic mass is 9.68. The van der Waals surface area contributed by atoms with E-state index in [1.54, 1.807) is 0 Å². The number of allylic oxidation sites excluding steroid dienone is 4. The molecule has 0 aromatic heterocycles. The molecule has 3 unspecified atom stereocenters. The number of nitrogens with zero attached hydrogens (tertiary/aromatic N) is 2. The van der Waals surface area contributed by atoms with Crippen LogP contribution in [-0.2, 0) is 0 Å². The first kappa shape index (κ1) is 29.5. The Kier molecular flexibility index (Phi) is 8.11. The molecule has 46 heavy (non-hydrogen) atoms. The molecule has 0 saturated carbocycles. The summed E-state index contributed by atoms with van der Waals surface area (Å²) in [5.41, 5.74) is 14.2. The zero-order chi connectivity index (χ0) is 31.6. The van der Waals surface area contributed by atoms with Gasteiger partial charge in [-0.15, -0.1) is 0 Å². The molecule has 0 spiro atoms. The van der Waals surface area contributed by atoms with Crippen LogP contribution in [0.4, 0.5) is 11.4 Å². The van der Waals surface area contributed by atoms with E-state index in [4.69, 9.17) is 4.99 Å². The summed E-state index contributed by atoms with van der Waals surface area (Å²) in [6.07, 6.45) is 7.72. The molecular weight excluding hydrogens is 556 g/mol. The molecule has 2 aliphatic rings. The fourth-order valence-electron chi connectivity index (χ4n) is 7.30. The number of para-hydroxylation sites is 1. The zero-order valence-electron chi connectivity index (χ0n) is 26.9. The monoisotopic (exact) mass is 596 g/mol. The van der Waals surface area contributed by atoms with Gasteiger partial charge in [0, 0.05) is 40.5 Å². The summed E-state index contributed by atoms with van der Waals surface area (Å²) < 4.78 is 0. The number of benzene rings is 5. The molecule has 3 atom stereocenters. The van der Waals surface area contributed by atoms with E-state index in [9.17, 15) is 0 Å². The topological polar surface area (TPSA) is 15.6 Å². The van der Waals surface area contributed by atoms with Gasteiger partial charge in [-0.05, 0) is 89.6 Å². The van der Waals surface area contributed by atoms with E-state index in [1.807, 2.05) is 6.07 Å². The Labute approximate surface area is 273 Å². The molecule has 5 aromatic rings. The molecular formula is C44H40N2. The highest BCUT2D eigenvalue weighted by Gasteiger charge is 2.38. The van der Waals surface area contributed by atoms with Gasteiger partial charge in [-0.2, -0.15) is 0 Å².